The van der Waals surface area contributed by atoms with Crippen molar-refractivity contribution in [2.45, 2.75) is 64.5 Å². The van der Waals surface area contributed by atoms with E-state index in [1.165, 1.54) is 11.3 Å². The number of aliphatic carboxylic acids is 1. The number of para-hydroxylation sites is 1. The quantitative estimate of drug-likeness (QED) is 0.394. The maximum atomic E-state index is 12.1. The van der Waals surface area contributed by atoms with Gasteiger partial charge in [-0.25, -0.2) is 0 Å². The second-order valence-electron chi connectivity index (χ2n) is 11.6. The van der Waals surface area contributed by atoms with E-state index >= 15 is 0 Å². The number of anilines is 1. The molecule has 1 aromatic rings. The smallest absolute Gasteiger partial charge is 0.309 e. The molecule has 0 spiro atoms. The largest absolute Gasteiger partial charge is 0.481 e. The molecule has 34 heavy (non-hydrogen) atoms. The summed E-state index contributed by atoms with van der Waals surface area (Å²) >= 11 is 0. The van der Waals surface area contributed by atoms with E-state index in [9.17, 15) is 15.2 Å². The van der Waals surface area contributed by atoms with Gasteiger partial charge in [0, 0.05) is 37.9 Å². The minimum absolute atomic E-state index is 0.212. The third-order valence-corrected chi connectivity index (χ3v) is 9.30. The highest BCUT2D eigenvalue weighted by molar-refractivity contribution is 5.92. The van der Waals surface area contributed by atoms with E-state index in [1.807, 2.05) is 6.19 Å². The van der Waals surface area contributed by atoms with Crippen LogP contribution in [-0.4, -0.2) is 59.6 Å². The average Bonchev–Trinajstić information content (AvgIpc) is 2.80. The summed E-state index contributed by atoms with van der Waals surface area (Å²) in [5.41, 5.74) is 1.67. The molecule has 0 radical (unpaired) electrons. The van der Waals surface area contributed by atoms with Gasteiger partial charge >= 0.3 is 5.97 Å². The molecular formula is C27H37N5O2. The van der Waals surface area contributed by atoms with Gasteiger partial charge in [-0.15, -0.1) is 0 Å². The molecule has 1 aromatic carbocycles. The minimum atomic E-state index is -0.608. The Labute approximate surface area is 202 Å². The van der Waals surface area contributed by atoms with E-state index in [1.54, 1.807) is 0 Å². The second-order valence-corrected chi connectivity index (χ2v) is 11.6. The summed E-state index contributed by atoms with van der Waals surface area (Å²) in [6.07, 6.45) is 6.59. The van der Waals surface area contributed by atoms with E-state index < -0.39 is 16.9 Å². The summed E-state index contributed by atoms with van der Waals surface area (Å²) in [7, 11) is 0. The monoisotopic (exact) mass is 463 g/mol. The van der Waals surface area contributed by atoms with Gasteiger partial charge in [0.25, 0.3) is 0 Å². The molecule has 0 aromatic heterocycles. The minimum Gasteiger partial charge on any atom is -0.481 e. The van der Waals surface area contributed by atoms with Crippen molar-refractivity contribution in [2.75, 3.05) is 31.1 Å². The van der Waals surface area contributed by atoms with E-state index in [4.69, 9.17) is 0 Å². The van der Waals surface area contributed by atoms with Crippen molar-refractivity contribution in [1.82, 2.24) is 10.2 Å². The van der Waals surface area contributed by atoms with Crippen LogP contribution >= 0.6 is 0 Å². The Bertz CT molecular complexity index is 1000. The second kappa shape index (κ2) is 8.57. The molecule has 4 saturated carbocycles. The molecule has 5 aliphatic rings. The van der Waals surface area contributed by atoms with Crippen molar-refractivity contribution in [3.8, 4) is 6.19 Å². The third-order valence-electron chi connectivity index (χ3n) is 9.30. The highest BCUT2D eigenvalue weighted by Crippen LogP contribution is 2.60. The van der Waals surface area contributed by atoms with E-state index in [2.05, 4.69) is 65.1 Å². The number of nitrogens with zero attached hydrogens (tertiary/aromatic N) is 4. The lowest BCUT2D eigenvalue weighted by Gasteiger charge is -2.59. The van der Waals surface area contributed by atoms with Crippen LogP contribution in [0.25, 0.3) is 0 Å². The third kappa shape index (κ3) is 3.86. The summed E-state index contributed by atoms with van der Waals surface area (Å²) in [4.78, 5) is 21.3. The van der Waals surface area contributed by atoms with Crippen LogP contribution in [0.1, 0.15) is 51.5 Å². The number of nitriles is 1. The Kier molecular flexibility index (Phi) is 5.84. The zero-order valence-corrected chi connectivity index (χ0v) is 20.6. The number of nitrogens with one attached hydrogen (secondary N) is 1. The number of carboxylic acid groups (broad SMARTS) is 1. The molecule has 7 nitrogen and oxygen atoms in total. The SMILES string of the molecule is Cc1ccccc1N1CCN(C(C)(C)/C(=N\C#N)NC2C3CC4CC2CC(C(=O)O)(C4)C3)CC1. The van der Waals surface area contributed by atoms with Crippen LogP contribution in [-0.2, 0) is 4.79 Å². The van der Waals surface area contributed by atoms with Crippen molar-refractivity contribution in [2.24, 2.45) is 28.2 Å². The van der Waals surface area contributed by atoms with Gasteiger partial charge in [0.15, 0.2) is 0 Å². The molecule has 182 valence electrons. The highest BCUT2D eigenvalue weighted by Gasteiger charge is 2.59. The number of hydrogen-bond donors (Lipinski definition) is 2. The maximum Gasteiger partial charge on any atom is 0.309 e. The first-order valence-corrected chi connectivity index (χ1v) is 12.8. The molecule has 4 aliphatic carbocycles. The van der Waals surface area contributed by atoms with Crippen LogP contribution in [0.15, 0.2) is 29.3 Å². The lowest BCUT2D eigenvalue weighted by molar-refractivity contribution is -0.166. The van der Waals surface area contributed by atoms with Gasteiger partial charge in [-0.2, -0.15) is 10.3 Å². The van der Waals surface area contributed by atoms with Crippen LogP contribution in [0.2, 0.25) is 0 Å². The summed E-state index contributed by atoms with van der Waals surface area (Å²) in [5.74, 6) is 1.36. The summed E-state index contributed by atoms with van der Waals surface area (Å²) in [6, 6.07) is 8.74. The standard InChI is InChI=1S/C27H37N5O2/c1-18-6-4-5-7-22(18)31-8-10-32(11-9-31)26(2,3)24(29-17-28)30-23-20-12-19-13-21(23)16-27(14-19,15-20)25(33)34/h4-7,19-21,23H,8-16H2,1-3H3,(H,29,30)(H,33,34). The topological polar surface area (TPSA) is 92.0 Å². The van der Waals surface area contributed by atoms with E-state index in [0.717, 1.165) is 64.1 Å². The number of aryl methyl sites for hydroxylation is 1. The fourth-order valence-electron chi connectivity index (χ4n) is 7.65. The van der Waals surface area contributed by atoms with Gasteiger partial charge in [-0.05, 0) is 82.3 Å². The lowest BCUT2D eigenvalue weighted by Crippen LogP contribution is -2.66. The molecule has 1 aliphatic heterocycles. The fraction of sp³-hybridized carbons (Fsp3) is 0.667. The Morgan fingerprint density at radius 2 is 1.79 bits per heavy atom. The van der Waals surface area contributed by atoms with E-state index in [0.29, 0.717) is 17.8 Å². The number of piperazine rings is 1. The molecule has 1 heterocycles. The number of aliphatic imine (C=N–C) groups is 1. The van der Waals surface area contributed by atoms with Crippen molar-refractivity contribution < 1.29 is 9.90 Å². The zero-order chi connectivity index (χ0) is 24.1. The van der Waals surface area contributed by atoms with Gasteiger partial charge in [-0.3, -0.25) is 9.69 Å². The molecule has 2 unspecified atom stereocenters. The van der Waals surface area contributed by atoms with Crippen LogP contribution in [0.3, 0.4) is 0 Å². The first-order chi connectivity index (χ1) is 16.2. The van der Waals surface area contributed by atoms with E-state index in [-0.39, 0.29) is 6.04 Å². The number of benzene rings is 1. The molecule has 2 atom stereocenters. The average molecular weight is 464 g/mol. The van der Waals surface area contributed by atoms with Crippen molar-refractivity contribution in [3.63, 3.8) is 0 Å². The van der Waals surface area contributed by atoms with Crippen molar-refractivity contribution in [1.29, 1.82) is 5.26 Å². The molecule has 7 heteroatoms. The summed E-state index contributed by atoms with van der Waals surface area (Å²) < 4.78 is 0. The maximum absolute atomic E-state index is 12.1. The Balaban J connectivity index is 1.29. The van der Waals surface area contributed by atoms with Crippen LogP contribution in [0, 0.1) is 41.5 Å². The predicted molar refractivity (Wildman–Crippen MR) is 133 cm³/mol. The van der Waals surface area contributed by atoms with Crippen LogP contribution in [0.4, 0.5) is 5.69 Å². The first-order valence-electron chi connectivity index (χ1n) is 12.8. The Morgan fingerprint density at radius 3 is 2.38 bits per heavy atom. The van der Waals surface area contributed by atoms with Gasteiger partial charge in [-0.1, -0.05) is 18.2 Å². The number of rotatable bonds is 5. The van der Waals surface area contributed by atoms with Gasteiger partial charge in [0.1, 0.15) is 5.84 Å². The molecule has 0 amide bonds. The Morgan fingerprint density at radius 1 is 1.15 bits per heavy atom. The van der Waals surface area contributed by atoms with Crippen molar-refractivity contribution >= 4 is 17.5 Å². The predicted octanol–water partition coefficient (Wildman–Crippen LogP) is 3.64. The fourth-order valence-corrected chi connectivity index (χ4v) is 7.65. The Hall–Kier alpha value is -2.59. The molecule has 1 saturated heterocycles. The molecule has 5 fully saturated rings. The zero-order valence-electron chi connectivity index (χ0n) is 20.6. The number of hydrogen-bond acceptors (Lipinski definition) is 5. The number of carbonyl (C=O) groups is 1. The normalized spacial score (nSPS) is 33.6. The van der Waals surface area contributed by atoms with Gasteiger partial charge in [0.2, 0.25) is 6.19 Å². The van der Waals surface area contributed by atoms with Gasteiger partial charge < -0.3 is 15.3 Å². The van der Waals surface area contributed by atoms with Crippen LogP contribution < -0.4 is 10.2 Å². The highest BCUT2D eigenvalue weighted by atomic mass is 16.4. The number of carboxylic acids is 1. The summed E-state index contributed by atoms with van der Waals surface area (Å²) in [6.45, 7) is 10.1. The van der Waals surface area contributed by atoms with Crippen molar-refractivity contribution in [3.05, 3.63) is 29.8 Å². The van der Waals surface area contributed by atoms with Crippen LogP contribution in [0.5, 0.6) is 0 Å². The first kappa shape index (κ1) is 23.2. The van der Waals surface area contributed by atoms with Gasteiger partial charge in [0.05, 0.1) is 11.0 Å². The molecular weight excluding hydrogens is 426 g/mol. The molecule has 2 N–H and O–H groups in total. The lowest BCUT2D eigenvalue weighted by atomic mass is 9.48. The molecule has 6 rings (SSSR count). The molecule has 4 bridgehead atoms. The number of amidine groups is 1. The summed E-state index contributed by atoms with van der Waals surface area (Å²) in [5, 5.41) is 23.2.